The van der Waals surface area contributed by atoms with Crippen LogP contribution in [0.3, 0.4) is 0 Å². The highest BCUT2D eigenvalue weighted by Gasteiger charge is 2.35. The molecule has 2 aromatic carbocycles. The molecule has 36 heavy (non-hydrogen) atoms. The lowest BCUT2D eigenvalue weighted by Crippen LogP contribution is -2.40. The Labute approximate surface area is 211 Å². The van der Waals surface area contributed by atoms with Crippen LogP contribution in [0.25, 0.3) is 10.9 Å². The molecule has 0 fully saturated rings. The number of pyridine rings is 1. The molecule has 7 nitrogen and oxygen atoms in total. The first-order valence-corrected chi connectivity index (χ1v) is 12.5. The lowest BCUT2D eigenvalue weighted by molar-refractivity contribution is 0.0690. The number of H-pyrrole nitrogens is 1. The van der Waals surface area contributed by atoms with Gasteiger partial charge in [-0.2, -0.15) is 0 Å². The maximum Gasteiger partial charge on any atom is 0.254 e. The van der Waals surface area contributed by atoms with Crippen molar-refractivity contribution in [2.24, 2.45) is 0 Å². The topological polar surface area (TPSA) is 76.7 Å². The Morgan fingerprint density at radius 2 is 1.72 bits per heavy atom. The normalized spacial score (nSPS) is 15.0. The maximum absolute atomic E-state index is 14.1. The number of benzene rings is 2. The first-order chi connectivity index (χ1) is 17.7. The summed E-state index contributed by atoms with van der Waals surface area (Å²) in [4.78, 5) is 24.0. The number of fused-ring (bicyclic) bond motifs is 3. The van der Waals surface area contributed by atoms with Crippen molar-refractivity contribution < 1.29 is 19.0 Å². The Hall–Kier alpha value is -4.00. The van der Waals surface area contributed by atoms with Gasteiger partial charge in [0.1, 0.15) is 0 Å². The van der Waals surface area contributed by atoms with Gasteiger partial charge < -0.3 is 24.1 Å². The Morgan fingerprint density at radius 1 is 1.00 bits per heavy atom. The summed E-state index contributed by atoms with van der Waals surface area (Å²) >= 11 is 0. The molecule has 1 aliphatic rings. The Balaban J connectivity index is 1.61. The second-order valence-corrected chi connectivity index (χ2v) is 8.60. The number of carbonyl (C=O) groups is 1. The predicted octanol–water partition coefficient (Wildman–Crippen LogP) is 5.55. The number of hydrogen-bond acceptors (Lipinski definition) is 5. The maximum atomic E-state index is 14.1. The van der Waals surface area contributed by atoms with E-state index < -0.39 is 0 Å². The number of para-hydroxylation sites is 1. The number of nitrogens with one attached hydrogen (secondary N) is 1. The molecule has 0 aliphatic carbocycles. The van der Waals surface area contributed by atoms with Crippen molar-refractivity contribution in [2.75, 3.05) is 26.4 Å². The molecule has 7 heteroatoms. The van der Waals surface area contributed by atoms with E-state index in [-0.39, 0.29) is 11.9 Å². The summed E-state index contributed by atoms with van der Waals surface area (Å²) < 4.78 is 17.6. The van der Waals surface area contributed by atoms with E-state index in [0.29, 0.717) is 49.2 Å². The number of hydrogen-bond donors (Lipinski definition) is 1. The predicted molar refractivity (Wildman–Crippen MR) is 139 cm³/mol. The molecule has 3 heterocycles. The van der Waals surface area contributed by atoms with Gasteiger partial charge in [-0.1, -0.05) is 24.3 Å². The molecule has 1 N–H and O–H groups in total. The van der Waals surface area contributed by atoms with Crippen LogP contribution in [-0.2, 0) is 6.42 Å². The van der Waals surface area contributed by atoms with Gasteiger partial charge in [-0.3, -0.25) is 9.78 Å². The molecule has 0 saturated heterocycles. The third-order valence-electron chi connectivity index (χ3n) is 6.45. The smallest absolute Gasteiger partial charge is 0.254 e. The summed E-state index contributed by atoms with van der Waals surface area (Å²) in [7, 11) is 0. The molecule has 1 amide bonds. The SMILES string of the molecule is CCOc1cc(C(=O)N2CCc3c([nH]c4ccccc34)C2c2cccnc2)cc(OCC)c1OCC. The minimum atomic E-state index is -0.292. The molecule has 2 aromatic heterocycles. The van der Waals surface area contributed by atoms with Crippen LogP contribution in [-0.4, -0.2) is 47.1 Å². The Kier molecular flexibility index (Phi) is 6.80. The number of carbonyl (C=O) groups excluding carboxylic acids is 1. The fraction of sp³-hybridized carbons (Fsp3) is 0.310. The molecule has 0 saturated carbocycles. The first-order valence-electron chi connectivity index (χ1n) is 12.5. The van der Waals surface area contributed by atoms with Crippen molar-refractivity contribution in [1.29, 1.82) is 0 Å². The van der Waals surface area contributed by atoms with E-state index in [1.807, 2.05) is 50.1 Å². The van der Waals surface area contributed by atoms with Crippen LogP contribution in [0.15, 0.2) is 60.9 Å². The molecule has 5 rings (SSSR count). The number of ether oxygens (including phenoxy) is 3. The van der Waals surface area contributed by atoms with Crippen molar-refractivity contribution in [3.63, 3.8) is 0 Å². The van der Waals surface area contributed by atoms with Crippen molar-refractivity contribution in [1.82, 2.24) is 14.9 Å². The zero-order valence-electron chi connectivity index (χ0n) is 20.9. The summed E-state index contributed by atoms with van der Waals surface area (Å²) in [5.74, 6) is 1.45. The van der Waals surface area contributed by atoms with Crippen LogP contribution in [0.2, 0.25) is 0 Å². The number of aromatic nitrogens is 2. The third kappa shape index (κ3) is 4.26. The van der Waals surface area contributed by atoms with E-state index >= 15 is 0 Å². The quantitative estimate of drug-likeness (QED) is 0.354. The standard InChI is InChI=1S/C29H31N3O4/c1-4-34-24-16-20(17-25(35-5-2)28(24)36-6-3)29(33)32-15-13-22-21-11-7-8-12-23(21)31-26(22)27(32)19-10-9-14-30-18-19/h7-12,14,16-18,27,31H,4-6,13,15H2,1-3H3. The van der Waals surface area contributed by atoms with Gasteiger partial charge in [0.2, 0.25) is 5.75 Å². The van der Waals surface area contributed by atoms with Gasteiger partial charge >= 0.3 is 0 Å². The zero-order valence-corrected chi connectivity index (χ0v) is 20.9. The minimum absolute atomic E-state index is 0.0990. The Morgan fingerprint density at radius 3 is 2.39 bits per heavy atom. The van der Waals surface area contributed by atoms with Gasteiger partial charge in [0.25, 0.3) is 5.91 Å². The molecule has 186 valence electrons. The highest BCUT2D eigenvalue weighted by atomic mass is 16.5. The monoisotopic (exact) mass is 485 g/mol. The average Bonchev–Trinajstić information content (AvgIpc) is 3.29. The van der Waals surface area contributed by atoms with Gasteiger partial charge in [0.05, 0.1) is 25.9 Å². The number of nitrogens with zero attached hydrogens (tertiary/aromatic N) is 2. The molecule has 0 radical (unpaired) electrons. The van der Waals surface area contributed by atoms with Gasteiger partial charge in [-0.15, -0.1) is 0 Å². The summed E-state index contributed by atoms with van der Waals surface area (Å²) in [6, 6.07) is 15.5. The molecule has 0 bridgehead atoms. The van der Waals surface area contributed by atoms with Gasteiger partial charge in [-0.25, -0.2) is 0 Å². The summed E-state index contributed by atoms with van der Waals surface area (Å²) in [5.41, 5.74) is 4.81. The van der Waals surface area contributed by atoms with Crippen LogP contribution in [0.1, 0.15) is 54.0 Å². The number of aromatic amines is 1. The van der Waals surface area contributed by atoms with E-state index in [9.17, 15) is 4.79 Å². The van der Waals surface area contributed by atoms with Crippen LogP contribution >= 0.6 is 0 Å². The highest BCUT2D eigenvalue weighted by Crippen LogP contribution is 2.42. The average molecular weight is 486 g/mol. The molecular formula is C29H31N3O4. The Bertz CT molecular complexity index is 1340. The van der Waals surface area contributed by atoms with Crippen molar-refractivity contribution in [3.8, 4) is 17.2 Å². The lowest BCUT2D eigenvalue weighted by Gasteiger charge is -2.36. The first kappa shape index (κ1) is 23.7. The zero-order chi connectivity index (χ0) is 25.1. The molecule has 0 spiro atoms. The summed E-state index contributed by atoms with van der Waals surface area (Å²) in [6.07, 6.45) is 4.34. The largest absolute Gasteiger partial charge is 0.490 e. The molecule has 1 aliphatic heterocycles. The molecule has 1 atom stereocenters. The van der Waals surface area contributed by atoms with E-state index in [1.54, 1.807) is 18.3 Å². The molecule has 4 aromatic rings. The van der Waals surface area contributed by atoms with Gasteiger partial charge in [0, 0.05) is 41.1 Å². The van der Waals surface area contributed by atoms with Crippen molar-refractivity contribution in [3.05, 3.63) is 83.3 Å². The molecule has 1 unspecified atom stereocenters. The van der Waals surface area contributed by atoms with Crippen LogP contribution in [0, 0.1) is 0 Å². The van der Waals surface area contributed by atoms with E-state index in [4.69, 9.17) is 14.2 Å². The van der Waals surface area contributed by atoms with Crippen molar-refractivity contribution in [2.45, 2.75) is 33.2 Å². The fourth-order valence-corrected chi connectivity index (χ4v) is 5.02. The van der Waals surface area contributed by atoms with Crippen LogP contribution < -0.4 is 14.2 Å². The summed E-state index contributed by atoms with van der Waals surface area (Å²) in [6.45, 7) is 7.67. The van der Waals surface area contributed by atoms with Gasteiger partial charge in [-0.05, 0) is 62.6 Å². The second-order valence-electron chi connectivity index (χ2n) is 8.60. The highest BCUT2D eigenvalue weighted by molar-refractivity contribution is 5.97. The van der Waals surface area contributed by atoms with Gasteiger partial charge in [0.15, 0.2) is 11.5 Å². The number of amides is 1. The van der Waals surface area contributed by atoms with Crippen molar-refractivity contribution >= 4 is 16.8 Å². The molecular weight excluding hydrogens is 454 g/mol. The fourth-order valence-electron chi connectivity index (χ4n) is 5.02. The minimum Gasteiger partial charge on any atom is -0.490 e. The van der Waals surface area contributed by atoms with E-state index in [1.165, 1.54) is 10.9 Å². The van der Waals surface area contributed by atoms with E-state index in [0.717, 1.165) is 23.2 Å². The van der Waals surface area contributed by atoms with Crippen LogP contribution in [0.5, 0.6) is 17.2 Å². The van der Waals surface area contributed by atoms with Crippen LogP contribution in [0.4, 0.5) is 0 Å². The summed E-state index contributed by atoms with van der Waals surface area (Å²) in [5, 5.41) is 1.20. The second kappa shape index (κ2) is 10.3. The lowest BCUT2D eigenvalue weighted by atomic mass is 9.92. The number of rotatable bonds is 8. The third-order valence-corrected chi connectivity index (χ3v) is 6.45. The van der Waals surface area contributed by atoms with E-state index in [2.05, 4.69) is 28.2 Å².